The number of hydrogen-bond donors (Lipinski definition) is 0. The minimum Gasteiger partial charge on any atom is -0.357 e. The van der Waals surface area contributed by atoms with E-state index in [-0.39, 0.29) is 0 Å². The first-order valence-electron chi connectivity index (χ1n) is 5.99. The van der Waals surface area contributed by atoms with Crippen LogP contribution in [0.2, 0.25) is 0 Å². The van der Waals surface area contributed by atoms with Gasteiger partial charge in [0.05, 0.1) is 5.69 Å². The van der Waals surface area contributed by atoms with Crippen molar-refractivity contribution in [2.45, 2.75) is 27.2 Å². The lowest BCUT2D eigenvalue weighted by molar-refractivity contribution is 0.712. The summed E-state index contributed by atoms with van der Waals surface area (Å²) in [6, 6.07) is 2.25. The Balaban J connectivity index is 2.25. The van der Waals surface area contributed by atoms with Gasteiger partial charge in [-0.05, 0) is 37.7 Å². The summed E-state index contributed by atoms with van der Waals surface area (Å²) in [5.74, 6) is 2.27. The summed E-state index contributed by atoms with van der Waals surface area (Å²) in [6.45, 7) is 7.04. The highest BCUT2D eigenvalue weighted by atomic mass is 15.3. The molecule has 1 aliphatic carbocycles. The van der Waals surface area contributed by atoms with E-state index in [0.717, 1.165) is 35.5 Å². The van der Waals surface area contributed by atoms with Gasteiger partial charge in [-0.25, -0.2) is 0 Å². The molecule has 1 aromatic rings. The van der Waals surface area contributed by atoms with Crippen molar-refractivity contribution < 1.29 is 0 Å². The smallest absolute Gasteiger partial charge is 0.169 e. The first-order valence-corrected chi connectivity index (χ1v) is 5.99. The molecule has 1 aromatic heterocycles. The van der Waals surface area contributed by atoms with Gasteiger partial charge < -0.3 is 4.90 Å². The van der Waals surface area contributed by atoms with Gasteiger partial charge in [-0.3, -0.25) is 0 Å². The van der Waals surface area contributed by atoms with Crippen molar-refractivity contribution in [2.75, 3.05) is 18.5 Å². The summed E-state index contributed by atoms with van der Waals surface area (Å²) >= 11 is 0. The van der Waals surface area contributed by atoms with Crippen molar-refractivity contribution in [1.29, 1.82) is 5.26 Å². The molecule has 0 saturated heterocycles. The van der Waals surface area contributed by atoms with Crippen molar-refractivity contribution in [3.8, 4) is 6.07 Å². The van der Waals surface area contributed by atoms with E-state index in [1.807, 2.05) is 20.9 Å². The average molecular weight is 230 g/mol. The number of nitrogens with zero attached hydrogens (tertiary/aromatic N) is 4. The second-order valence-electron chi connectivity index (χ2n) is 5.07. The molecule has 17 heavy (non-hydrogen) atoms. The Kier molecular flexibility index (Phi) is 3.01. The number of nitriles is 1. The summed E-state index contributed by atoms with van der Waals surface area (Å²) < 4.78 is 0. The second-order valence-corrected chi connectivity index (χ2v) is 5.07. The van der Waals surface area contributed by atoms with E-state index in [1.165, 1.54) is 6.42 Å². The van der Waals surface area contributed by atoms with Crippen LogP contribution in [0.25, 0.3) is 0 Å². The highest BCUT2D eigenvalue weighted by molar-refractivity contribution is 5.57. The summed E-state index contributed by atoms with van der Waals surface area (Å²) in [5.41, 5.74) is 2.43. The molecule has 1 saturated carbocycles. The van der Waals surface area contributed by atoms with Gasteiger partial charge in [0.1, 0.15) is 11.6 Å². The van der Waals surface area contributed by atoms with Crippen molar-refractivity contribution in [1.82, 2.24) is 10.2 Å². The third-order valence-corrected chi connectivity index (χ3v) is 3.69. The monoisotopic (exact) mass is 230 g/mol. The Morgan fingerprint density at radius 1 is 1.41 bits per heavy atom. The van der Waals surface area contributed by atoms with Gasteiger partial charge in [0.25, 0.3) is 0 Å². The molecule has 4 nitrogen and oxygen atoms in total. The van der Waals surface area contributed by atoms with Gasteiger partial charge in [0, 0.05) is 13.6 Å². The van der Waals surface area contributed by atoms with Crippen molar-refractivity contribution in [2.24, 2.45) is 11.8 Å². The van der Waals surface area contributed by atoms with E-state index in [2.05, 4.69) is 28.1 Å². The van der Waals surface area contributed by atoms with Gasteiger partial charge in [0.15, 0.2) is 5.82 Å². The van der Waals surface area contributed by atoms with Crippen molar-refractivity contribution in [3.05, 3.63) is 16.8 Å². The van der Waals surface area contributed by atoms with Gasteiger partial charge in [0.2, 0.25) is 0 Å². The first kappa shape index (κ1) is 11.8. The molecule has 1 aliphatic rings. The Labute approximate surface area is 102 Å². The number of rotatable bonds is 3. The second kappa shape index (κ2) is 4.33. The van der Waals surface area contributed by atoms with Gasteiger partial charge in [-0.1, -0.05) is 6.92 Å². The predicted molar refractivity (Wildman–Crippen MR) is 66.8 cm³/mol. The molecule has 0 aromatic carbocycles. The van der Waals surface area contributed by atoms with E-state index in [1.54, 1.807) is 0 Å². The standard InChI is InChI=1S/C13H18N4/c1-8-5-11(8)7-17(4)13-12(6-14)9(2)10(3)15-16-13/h8,11H,5,7H2,1-4H3. The molecule has 90 valence electrons. The Hall–Kier alpha value is -1.63. The number of aromatic nitrogens is 2. The number of anilines is 1. The van der Waals surface area contributed by atoms with E-state index < -0.39 is 0 Å². The molecule has 2 atom stereocenters. The first-order chi connectivity index (χ1) is 8.04. The van der Waals surface area contributed by atoms with E-state index in [0.29, 0.717) is 5.56 Å². The fraction of sp³-hybridized carbons (Fsp3) is 0.615. The van der Waals surface area contributed by atoms with Crippen LogP contribution in [0.1, 0.15) is 30.2 Å². The predicted octanol–water partition coefficient (Wildman–Crippen LogP) is 2.06. The van der Waals surface area contributed by atoms with Crippen LogP contribution in [-0.2, 0) is 0 Å². The maximum Gasteiger partial charge on any atom is 0.169 e. The lowest BCUT2D eigenvalue weighted by Crippen LogP contribution is -2.23. The number of hydrogen-bond acceptors (Lipinski definition) is 4. The van der Waals surface area contributed by atoms with E-state index in [9.17, 15) is 5.26 Å². The Morgan fingerprint density at radius 3 is 2.59 bits per heavy atom. The molecule has 0 amide bonds. The Morgan fingerprint density at radius 2 is 2.06 bits per heavy atom. The fourth-order valence-electron chi connectivity index (χ4n) is 2.09. The molecule has 4 heteroatoms. The van der Waals surface area contributed by atoms with Crippen LogP contribution < -0.4 is 4.90 Å². The Bertz CT molecular complexity index is 475. The minimum absolute atomic E-state index is 0.660. The van der Waals surface area contributed by atoms with Crippen LogP contribution in [0.15, 0.2) is 0 Å². The molecule has 2 rings (SSSR count). The molecular weight excluding hydrogens is 212 g/mol. The normalized spacial score (nSPS) is 22.1. The van der Waals surface area contributed by atoms with Crippen LogP contribution in [0.4, 0.5) is 5.82 Å². The average Bonchev–Trinajstić information content (AvgIpc) is 2.97. The molecular formula is C13H18N4. The van der Waals surface area contributed by atoms with E-state index >= 15 is 0 Å². The maximum atomic E-state index is 9.23. The molecule has 1 heterocycles. The highest BCUT2D eigenvalue weighted by Crippen LogP contribution is 2.38. The van der Waals surface area contributed by atoms with Gasteiger partial charge in [-0.15, -0.1) is 5.10 Å². The van der Waals surface area contributed by atoms with Crippen LogP contribution in [-0.4, -0.2) is 23.8 Å². The highest BCUT2D eigenvalue weighted by Gasteiger charge is 2.34. The third kappa shape index (κ3) is 2.23. The largest absolute Gasteiger partial charge is 0.357 e. The SMILES string of the molecule is Cc1nnc(N(C)CC2CC2C)c(C#N)c1C. The molecule has 0 spiro atoms. The zero-order chi connectivity index (χ0) is 12.6. The molecule has 0 aliphatic heterocycles. The van der Waals surface area contributed by atoms with Crippen LogP contribution in [0, 0.1) is 37.0 Å². The third-order valence-electron chi connectivity index (χ3n) is 3.69. The fourth-order valence-corrected chi connectivity index (χ4v) is 2.09. The summed E-state index contributed by atoms with van der Waals surface area (Å²) in [5, 5.41) is 17.5. The summed E-state index contributed by atoms with van der Waals surface area (Å²) in [7, 11) is 1.99. The summed E-state index contributed by atoms with van der Waals surface area (Å²) in [6.07, 6.45) is 1.28. The van der Waals surface area contributed by atoms with E-state index in [4.69, 9.17) is 0 Å². The van der Waals surface area contributed by atoms with Crippen molar-refractivity contribution in [3.63, 3.8) is 0 Å². The molecule has 1 fully saturated rings. The van der Waals surface area contributed by atoms with Crippen LogP contribution >= 0.6 is 0 Å². The zero-order valence-corrected chi connectivity index (χ0v) is 10.9. The maximum absolute atomic E-state index is 9.23. The number of aryl methyl sites for hydroxylation is 1. The molecule has 0 radical (unpaired) electrons. The topological polar surface area (TPSA) is 52.8 Å². The quantitative estimate of drug-likeness (QED) is 0.797. The molecule has 0 N–H and O–H groups in total. The minimum atomic E-state index is 0.660. The molecule has 2 unspecified atom stereocenters. The molecule has 0 bridgehead atoms. The van der Waals surface area contributed by atoms with Gasteiger partial charge >= 0.3 is 0 Å². The zero-order valence-electron chi connectivity index (χ0n) is 10.9. The van der Waals surface area contributed by atoms with Gasteiger partial charge in [-0.2, -0.15) is 10.4 Å². The lowest BCUT2D eigenvalue weighted by atomic mass is 10.1. The van der Waals surface area contributed by atoms with Crippen LogP contribution in [0.3, 0.4) is 0 Å². The summed E-state index contributed by atoms with van der Waals surface area (Å²) in [4.78, 5) is 2.06. The lowest BCUT2D eigenvalue weighted by Gasteiger charge is -2.19. The van der Waals surface area contributed by atoms with Crippen LogP contribution in [0.5, 0.6) is 0 Å². The van der Waals surface area contributed by atoms with Crippen molar-refractivity contribution >= 4 is 5.82 Å².